The highest BCUT2D eigenvalue weighted by molar-refractivity contribution is 8.14. The van der Waals surface area contributed by atoms with Crippen molar-refractivity contribution in [1.29, 1.82) is 5.41 Å². The molecule has 0 aliphatic heterocycles. The fourth-order valence-electron chi connectivity index (χ4n) is 0.931. The van der Waals surface area contributed by atoms with E-state index in [0.717, 1.165) is 11.8 Å². The van der Waals surface area contributed by atoms with Crippen molar-refractivity contribution >= 4 is 28.9 Å². The summed E-state index contributed by atoms with van der Waals surface area (Å²) in [5.41, 5.74) is 5.05. The first kappa shape index (κ1) is 13.1. The molecule has 0 atom stereocenters. The van der Waals surface area contributed by atoms with Crippen molar-refractivity contribution in [2.45, 2.75) is 6.54 Å². The third kappa shape index (κ3) is 5.61. The van der Waals surface area contributed by atoms with E-state index in [1.54, 1.807) is 12.1 Å². The minimum Gasteiger partial charge on any atom is -0.467 e. The van der Waals surface area contributed by atoms with Crippen LogP contribution in [0.1, 0.15) is 5.76 Å². The van der Waals surface area contributed by atoms with Gasteiger partial charge in [-0.05, 0) is 12.1 Å². The maximum absolute atomic E-state index is 11.2. The molecule has 0 radical (unpaired) electrons. The Kier molecular flexibility index (Phi) is 5.08. The molecule has 8 heteroatoms. The second kappa shape index (κ2) is 6.59. The smallest absolute Gasteiger partial charge is 0.321 e. The average molecular weight is 256 g/mol. The minimum atomic E-state index is -0.615. The Morgan fingerprint density at radius 1 is 1.53 bits per heavy atom. The number of carbonyl (C=O) groups excluding carboxylic acids is 2. The van der Waals surface area contributed by atoms with E-state index in [4.69, 9.17) is 15.6 Å². The zero-order valence-corrected chi connectivity index (χ0v) is 9.67. The van der Waals surface area contributed by atoms with Crippen molar-refractivity contribution in [2.75, 3.05) is 5.75 Å². The Hall–Kier alpha value is -1.96. The molecule has 17 heavy (non-hydrogen) atoms. The van der Waals surface area contributed by atoms with E-state index < -0.39 is 11.9 Å². The first-order valence-electron chi connectivity index (χ1n) is 4.65. The molecule has 0 aliphatic carbocycles. The van der Waals surface area contributed by atoms with Crippen LogP contribution in [0.3, 0.4) is 0 Å². The van der Waals surface area contributed by atoms with Crippen LogP contribution in [-0.2, 0) is 11.3 Å². The number of nitrogens with two attached hydrogens (primary N) is 1. The lowest BCUT2D eigenvalue weighted by Gasteiger charge is -2.04. The molecule has 1 aromatic rings. The van der Waals surface area contributed by atoms with E-state index in [9.17, 15) is 9.59 Å². The standard InChI is InChI=1S/C9H12N4O3S/c10-8(11)17-5-7(14)13-9(15)12-4-6-2-1-3-16-6/h1-3H,4-5H2,(H3,10,11)(H2,12,13,14,15). The van der Waals surface area contributed by atoms with Crippen LogP contribution in [-0.4, -0.2) is 22.9 Å². The minimum absolute atomic E-state index is 0.0660. The van der Waals surface area contributed by atoms with Crippen LogP contribution in [0.15, 0.2) is 22.8 Å². The predicted octanol–water partition coefficient (Wildman–Crippen LogP) is 0.232. The molecule has 1 aromatic heterocycles. The van der Waals surface area contributed by atoms with Gasteiger partial charge in [-0.2, -0.15) is 0 Å². The maximum Gasteiger partial charge on any atom is 0.321 e. The van der Waals surface area contributed by atoms with Gasteiger partial charge < -0.3 is 15.5 Å². The zero-order valence-electron chi connectivity index (χ0n) is 8.86. The van der Waals surface area contributed by atoms with E-state index in [-0.39, 0.29) is 17.5 Å². The fourth-order valence-corrected chi connectivity index (χ4v) is 1.29. The molecule has 0 saturated carbocycles. The second-order valence-electron chi connectivity index (χ2n) is 2.96. The Bertz CT molecular complexity index is 404. The number of amidine groups is 1. The van der Waals surface area contributed by atoms with Crippen LogP contribution in [0.2, 0.25) is 0 Å². The lowest BCUT2D eigenvalue weighted by atomic mass is 10.4. The van der Waals surface area contributed by atoms with Gasteiger partial charge in [0.15, 0.2) is 5.17 Å². The van der Waals surface area contributed by atoms with Crippen LogP contribution in [0.5, 0.6) is 0 Å². The molecule has 92 valence electrons. The van der Waals surface area contributed by atoms with E-state index in [1.165, 1.54) is 6.26 Å². The third-order valence-corrected chi connectivity index (χ3v) is 2.33. The molecular weight excluding hydrogens is 244 g/mol. The van der Waals surface area contributed by atoms with E-state index in [0.29, 0.717) is 5.76 Å². The molecule has 0 aromatic carbocycles. The summed E-state index contributed by atoms with van der Waals surface area (Å²) < 4.78 is 4.99. The van der Waals surface area contributed by atoms with Gasteiger partial charge in [-0.25, -0.2) is 4.79 Å². The topological polar surface area (TPSA) is 121 Å². The number of nitrogens with one attached hydrogen (secondary N) is 3. The highest BCUT2D eigenvalue weighted by Crippen LogP contribution is 1.98. The van der Waals surface area contributed by atoms with Crippen molar-refractivity contribution < 1.29 is 14.0 Å². The zero-order chi connectivity index (χ0) is 12.7. The van der Waals surface area contributed by atoms with Gasteiger partial charge in [-0.3, -0.25) is 15.5 Å². The van der Waals surface area contributed by atoms with Crippen molar-refractivity contribution in [1.82, 2.24) is 10.6 Å². The van der Waals surface area contributed by atoms with Crippen LogP contribution < -0.4 is 16.4 Å². The van der Waals surface area contributed by atoms with Gasteiger partial charge in [-0.15, -0.1) is 0 Å². The normalized spacial score (nSPS) is 9.65. The summed E-state index contributed by atoms with van der Waals surface area (Å²) in [5.74, 6) is 0.0108. The number of imide groups is 1. The van der Waals surface area contributed by atoms with Crippen molar-refractivity contribution in [3.63, 3.8) is 0 Å². The first-order valence-corrected chi connectivity index (χ1v) is 5.63. The predicted molar refractivity (Wildman–Crippen MR) is 63.5 cm³/mol. The molecule has 7 nitrogen and oxygen atoms in total. The molecule has 0 saturated heterocycles. The second-order valence-corrected chi connectivity index (χ2v) is 3.98. The highest BCUT2D eigenvalue weighted by atomic mass is 32.2. The number of hydrogen-bond donors (Lipinski definition) is 4. The summed E-state index contributed by atoms with van der Waals surface area (Å²) in [4.78, 5) is 22.4. The van der Waals surface area contributed by atoms with Crippen LogP contribution in [0, 0.1) is 5.41 Å². The van der Waals surface area contributed by atoms with E-state index in [1.807, 2.05) is 0 Å². The summed E-state index contributed by atoms with van der Waals surface area (Å²) in [6.45, 7) is 0.200. The molecule has 3 amide bonds. The van der Waals surface area contributed by atoms with Gasteiger partial charge in [0.2, 0.25) is 5.91 Å². The number of urea groups is 1. The molecular formula is C9H12N4O3S. The molecule has 1 heterocycles. The number of rotatable bonds is 4. The SMILES string of the molecule is N=C(N)SCC(=O)NC(=O)NCc1ccco1. The van der Waals surface area contributed by atoms with Gasteiger partial charge in [0.05, 0.1) is 18.6 Å². The van der Waals surface area contributed by atoms with Gasteiger partial charge in [0.1, 0.15) is 5.76 Å². The lowest BCUT2D eigenvalue weighted by Crippen LogP contribution is -2.40. The summed E-state index contributed by atoms with van der Waals surface area (Å²) in [5, 5.41) is 11.3. The Morgan fingerprint density at radius 3 is 2.88 bits per heavy atom. The molecule has 0 unspecified atom stereocenters. The van der Waals surface area contributed by atoms with Crippen LogP contribution in [0.25, 0.3) is 0 Å². The average Bonchev–Trinajstić information content (AvgIpc) is 2.76. The molecule has 0 spiro atoms. The Morgan fingerprint density at radius 2 is 2.29 bits per heavy atom. The number of amides is 3. The Labute approximate surface area is 102 Å². The van der Waals surface area contributed by atoms with Crippen LogP contribution in [0.4, 0.5) is 4.79 Å². The van der Waals surface area contributed by atoms with Crippen molar-refractivity contribution in [2.24, 2.45) is 5.73 Å². The number of furan rings is 1. The quantitative estimate of drug-likeness (QED) is 0.454. The monoisotopic (exact) mass is 256 g/mol. The van der Waals surface area contributed by atoms with Gasteiger partial charge in [0.25, 0.3) is 0 Å². The largest absolute Gasteiger partial charge is 0.467 e. The lowest BCUT2D eigenvalue weighted by molar-refractivity contribution is -0.117. The van der Waals surface area contributed by atoms with E-state index in [2.05, 4.69) is 10.6 Å². The molecule has 1 rings (SSSR count). The summed E-state index contributed by atoms with van der Waals surface area (Å²) in [6.07, 6.45) is 1.49. The molecule has 0 bridgehead atoms. The Balaban J connectivity index is 2.20. The van der Waals surface area contributed by atoms with Gasteiger partial charge >= 0.3 is 6.03 Å². The summed E-state index contributed by atoms with van der Waals surface area (Å²) in [6, 6.07) is 2.78. The van der Waals surface area contributed by atoms with E-state index >= 15 is 0 Å². The van der Waals surface area contributed by atoms with Crippen molar-refractivity contribution in [3.05, 3.63) is 24.2 Å². The highest BCUT2D eigenvalue weighted by Gasteiger charge is 2.08. The number of hydrogen-bond acceptors (Lipinski definition) is 5. The number of carbonyl (C=O) groups is 2. The summed E-state index contributed by atoms with van der Waals surface area (Å²) in [7, 11) is 0. The third-order valence-electron chi connectivity index (χ3n) is 1.61. The molecule has 5 N–H and O–H groups in total. The molecule has 0 aliphatic rings. The number of thioether (sulfide) groups is 1. The van der Waals surface area contributed by atoms with Gasteiger partial charge in [0, 0.05) is 0 Å². The fraction of sp³-hybridized carbons (Fsp3) is 0.222. The molecule has 0 fully saturated rings. The maximum atomic E-state index is 11.2. The van der Waals surface area contributed by atoms with Gasteiger partial charge in [-0.1, -0.05) is 11.8 Å². The summed E-state index contributed by atoms with van der Waals surface area (Å²) >= 11 is 0.848. The van der Waals surface area contributed by atoms with Crippen LogP contribution >= 0.6 is 11.8 Å². The van der Waals surface area contributed by atoms with Crippen molar-refractivity contribution in [3.8, 4) is 0 Å². The first-order chi connectivity index (χ1) is 8.08.